The third kappa shape index (κ3) is 1.48. The van der Waals surface area contributed by atoms with Gasteiger partial charge in [0.05, 0.1) is 0 Å². The van der Waals surface area contributed by atoms with E-state index >= 15 is 0 Å². The molecule has 0 radical (unpaired) electrons. The molecule has 0 spiro atoms. The molecule has 1 amide bonds. The van der Waals surface area contributed by atoms with Crippen LogP contribution in [0.3, 0.4) is 0 Å². The van der Waals surface area contributed by atoms with Crippen molar-refractivity contribution in [2.45, 2.75) is 13.8 Å². The molecule has 0 saturated carbocycles. The summed E-state index contributed by atoms with van der Waals surface area (Å²) in [5.41, 5.74) is 0.415. The van der Waals surface area contributed by atoms with Gasteiger partial charge < -0.3 is 14.8 Å². The highest BCUT2D eigenvalue weighted by atomic mass is 16.5. The molecule has 14 heavy (non-hydrogen) atoms. The van der Waals surface area contributed by atoms with Crippen molar-refractivity contribution in [1.29, 1.82) is 0 Å². The Morgan fingerprint density at radius 1 is 1.43 bits per heavy atom. The van der Waals surface area contributed by atoms with Gasteiger partial charge in [-0.25, -0.2) is 0 Å². The number of Topliss-reactive ketones (excluding diaryl/α,β-unsaturated/α-hetero) is 1. The summed E-state index contributed by atoms with van der Waals surface area (Å²) in [4.78, 5) is 22.3. The SMILES string of the molecule is CNC(=O)c1oc(O)c(C(C)=O)c1C. The number of hydrogen-bond acceptors (Lipinski definition) is 4. The van der Waals surface area contributed by atoms with Gasteiger partial charge in [0.1, 0.15) is 5.56 Å². The van der Waals surface area contributed by atoms with Gasteiger partial charge in [-0.1, -0.05) is 0 Å². The molecule has 2 N–H and O–H groups in total. The van der Waals surface area contributed by atoms with Crippen molar-refractivity contribution < 1.29 is 19.1 Å². The Bertz CT molecular complexity index is 392. The average molecular weight is 197 g/mol. The molecule has 0 aliphatic carbocycles. The molecule has 0 aromatic carbocycles. The van der Waals surface area contributed by atoms with E-state index in [2.05, 4.69) is 5.32 Å². The van der Waals surface area contributed by atoms with E-state index in [0.717, 1.165) is 0 Å². The number of aromatic hydroxyl groups is 1. The Labute approximate surface area is 80.7 Å². The number of hydrogen-bond donors (Lipinski definition) is 2. The average Bonchev–Trinajstić information content (AvgIpc) is 2.40. The van der Waals surface area contributed by atoms with E-state index < -0.39 is 11.9 Å². The first-order valence-corrected chi connectivity index (χ1v) is 4.04. The lowest BCUT2D eigenvalue weighted by molar-refractivity contribution is 0.0926. The van der Waals surface area contributed by atoms with Gasteiger partial charge in [-0.2, -0.15) is 0 Å². The van der Waals surface area contributed by atoms with E-state index in [4.69, 9.17) is 4.42 Å². The van der Waals surface area contributed by atoms with Crippen molar-refractivity contribution >= 4 is 11.7 Å². The summed E-state index contributed by atoms with van der Waals surface area (Å²) in [5.74, 6) is -1.34. The summed E-state index contributed by atoms with van der Waals surface area (Å²) in [6.07, 6.45) is 0. The monoisotopic (exact) mass is 197 g/mol. The molecule has 0 bridgehead atoms. The van der Waals surface area contributed by atoms with Gasteiger partial charge in [-0.05, 0) is 13.8 Å². The second-order valence-electron chi connectivity index (χ2n) is 2.87. The van der Waals surface area contributed by atoms with Gasteiger partial charge in [0.25, 0.3) is 11.9 Å². The Hall–Kier alpha value is -1.78. The van der Waals surface area contributed by atoms with Gasteiger partial charge in [0.15, 0.2) is 11.5 Å². The van der Waals surface area contributed by atoms with Crippen LogP contribution in [0, 0.1) is 6.92 Å². The molecular formula is C9H11NO4. The first-order valence-electron chi connectivity index (χ1n) is 4.04. The fourth-order valence-electron chi connectivity index (χ4n) is 1.24. The standard InChI is InChI=1S/C9H11NO4/c1-4-6(5(2)11)9(13)14-7(4)8(12)10-3/h13H,1-3H3,(H,10,12). The zero-order chi connectivity index (χ0) is 10.9. The van der Waals surface area contributed by atoms with E-state index in [9.17, 15) is 14.7 Å². The van der Waals surface area contributed by atoms with Gasteiger partial charge in [0.2, 0.25) is 0 Å². The minimum absolute atomic E-state index is 0.0322. The van der Waals surface area contributed by atoms with Gasteiger partial charge >= 0.3 is 0 Å². The Morgan fingerprint density at radius 3 is 2.36 bits per heavy atom. The van der Waals surface area contributed by atoms with E-state index in [1.54, 1.807) is 6.92 Å². The quantitative estimate of drug-likeness (QED) is 0.689. The maximum atomic E-state index is 11.2. The molecule has 0 aliphatic rings. The third-order valence-electron chi connectivity index (χ3n) is 1.91. The van der Waals surface area contributed by atoms with Crippen LogP contribution in [0.5, 0.6) is 5.95 Å². The number of furan rings is 1. The summed E-state index contributed by atoms with van der Waals surface area (Å²) in [6, 6.07) is 0. The zero-order valence-electron chi connectivity index (χ0n) is 8.17. The molecule has 0 atom stereocenters. The number of carbonyl (C=O) groups excluding carboxylic acids is 2. The largest absolute Gasteiger partial charge is 0.480 e. The summed E-state index contributed by atoms with van der Waals surface area (Å²) in [7, 11) is 1.44. The summed E-state index contributed by atoms with van der Waals surface area (Å²) >= 11 is 0. The Kier molecular flexibility index (Phi) is 2.60. The van der Waals surface area contributed by atoms with Crippen LogP contribution in [0.1, 0.15) is 33.4 Å². The van der Waals surface area contributed by atoms with E-state index in [1.165, 1.54) is 14.0 Å². The first-order chi connectivity index (χ1) is 6.49. The number of rotatable bonds is 2. The molecule has 1 aromatic rings. The molecule has 1 rings (SSSR count). The summed E-state index contributed by atoms with van der Waals surface area (Å²) < 4.78 is 4.78. The molecule has 1 heterocycles. The predicted molar refractivity (Wildman–Crippen MR) is 48.5 cm³/mol. The molecular weight excluding hydrogens is 186 g/mol. The molecule has 0 unspecified atom stereocenters. The van der Waals surface area contributed by atoms with Crippen LogP contribution >= 0.6 is 0 Å². The van der Waals surface area contributed by atoms with Crippen LogP contribution in [0.4, 0.5) is 0 Å². The summed E-state index contributed by atoms with van der Waals surface area (Å²) in [5, 5.41) is 11.6. The van der Waals surface area contributed by atoms with Crippen molar-refractivity contribution in [2.75, 3.05) is 7.05 Å². The highest BCUT2D eigenvalue weighted by Crippen LogP contribution is 2.27. The fourth-order valence-corrected chi connectivity index (χ4v) is 1.24. The molecule has 5 heteroatoms. The number of carbonyl (C=O) groups is 2. The minimum Gasteiger partial charge on any atom is -0.480 e. The van der Waals surface area contributed by atoms with Gasteiger partial charge in [0, 0.05) is 12.6 Å². The van der Waals surface area contributed by atoms with Gasteiger partial charge in [-0.15, -0.1) is 0 Å². The summed E-state index contributed by atoms with van der Waals surface area (Å²) in [6.45, 7) is 2.84. The Morgan fingerprint density at radius 2 is 2.00 bits per heavy atom. The Balaban J connectivity index is 3.30. The van der Waals surface area contributed by atoms with Crippen molar-refractivity contribution in [2.24, 2.45) is 0 Å². The molecule has 1 aromatic heterocycles. The van der Waals surface area contributed by atoms with Crippen LogP contribution in [0.15, 0.2) is 4.42 Å². The highest BCUT2D eigenvalue weighted by Gasteiger charge is 2.23. The fraction of sp³-hybridized carbons (Fsp3) is 0.333. The lowest BCUT2D eigenvalue weighted by Gasteiger charge is -1.95. The van der Waals surface area contributed by atoms with E-state index in [0.29, 0.717) is 5.56 Å². The maximum Gasteiger partial charge on any atom is 0.294 e. The number of nitrogens with one attached hydrogen (secondary N) is 1. The number of amides is 1. The molecule has 0 fully saturated rings. The van der Waals surface area contributed by atoms with Crippen LogP contribution in [0.2, 0.25) is 0 Å². The second-order valence-corrected chi connectivity index (χ2v) is 2.87. The normalized spacial score (nSPS) is 9.93. The van der Waals surface area contributed by atoms with Crippen molar-refractivity contribution in [3.8, 4) is 5.95 Å². The van der Waals surface area contributed by atoms with E-state index in [1.807, 2.05) is 0 Å². The van der Waals surface area contributed by atoms with E-state index in [-0.39, 0.29) is 17.1 Å². The molecule has 0 aliphatic heterocycles. The van der Waals surface area contributed by atoms with Crippen molar-refractivity contribution in [3.05, 3.63) is 16.9 Å². The van der Waals surface area contributed by atoms with Crippen molar-refractivity contribution in [3.63, 3.8) is 0 Å². The lowest BCUT2D eigenvalue weighted by atomic mass is 10.1. The van der Waals surface area contributed by atoms with Crippen LogP contribution in [-0.4, -0.2) is 23.8 Å². The highest BCUT2D eigenvalue weighted by molar-refractivity contribution is 6.02. The predicted octanol–water partition coefficient (Wildman–Crippen LogP) is 0.856. The zero-order valence-corrected chi connectivity index (χ0v) is 8.17. The lowest BCUT2D eigenvalue weighted by Crippen LogP contribution is -2.18. The molecule has 5 nitrogen and oxygen atoms in total. The van der Waals surface area contributed by atoms with Crippen LogP contribution < -0.4 is 5.32 Å². The van der Waals surface area contributed by atoms with Crippen LogP contribution in [-0.2, 0) is 0 Å². The van der Waals surface area contributed by atoms with Gasteiger partial charge in [-0.3, -0.25) is 9.59 Å². The molecule has 0 saturated heterocycles. The first kappa shape index (κ1) is 10.3. The maximum absolute atomic E-state index is 11.2. The van der Waals surface area contributed by atoms with Crippen LogP contribution in [0.25, 0.3) is 0 Å². The molecule has 76 valence electrons. The minimum atomic E-state index is -0.506. The topological polar surface area (TPSA) is 79.5 Å². The van der Waals surface area contributed by atoms with Crippen molar-refractivity contribution in [1.82, 2.24) is 5.32 Å². The smallest absolute Gasteiger partial charge is 0.294 e. The second kappa shape index (κ2) is 3.53. The third-order valence-corrected chi connectivity index (χ3v) is 1.91. The number of ketones is 1.